The summed E-state index contributed by atoms with van der Waals surface area (Å²) in [5.74, 6) is 1.61. The number of hydrogen-bond acceptors (Lipinski definition) is 5. The Bertz CT molecular complexity index is 622. The van der Waals surface area contributed by atoms with Crippen LogP contribution < -0.4 is 10.1 Å². The van der Waals surface area contributed by atoms with Crippen molar-refractivity contribution in [1.29, 1.82) is 0 Å². The van der Waals surface area contributed by atoms with Crippen LogP contribution in [0.4, 0.5) is 0 Å². The van der Waals surface area contributed by atoms with Crippen LogP contribution in [0, 0.1) is 5.92 Å². The van der Waals surface area contributed by atoms with Gasteiger partial charge in [-0.25, -0.2) is 0 Å². The molecule has 6 heteroatoms. The topological polar surface area (TPSA) is 77.3 Å². The monoisotopic (exact) mass is 289 g/mol. The van der Waals surface area contributed by atoms with E-state index in [0.717, 1.165) is 11.3 Å². The number of carbonyl (C=O) groups is 1. The molecule has 1 aromatic heterocycles. The summed E-state index contributed by atoms with van der Waals surface area (Å²) in [6.07, 6.45) is 0. The summed E-state index contributed by atoms with van der Waals surface area (Å²) in [6, 6.07) is 7.11. The van der Waals surface area contributed by atoms with E-state index in [1.807, 2.05) is 38.1 Å². The quantitative estimate of drug-likeness (QED) is 0.915. The number of carbonyl (C=O) groups excluding carboxylic acids is 1. The van der Waals surface area contributed by atoms with Crippen LogP contribution in [-0.4, -0.2) is 23.2 Å². The van der Waals surface area contributed by atoms with Gasteiger partial charge in [0.05, 0.1) is 7.11 Å². The maximum atomic E-state index is 11.3. The molecule has 6 nitrogen and oxygen atoms in total. The van der Waals surface area contributed by atoms with Gasteiger partial charge in [-0.05, 0) is 18.1 Å². The highest BCUT2D eigenvalue weighted by Crippen LogP contribution is 2.25. The summed E-state index contributed by atoms with van der Waals surface area (Å²) >= 11 is 0. The molecule has 0 aliphatic heterocycles. The van der Waals surface area contributed by atoms with Gasteiger partial charge in [-0.2, -0.15) is 4.98 Å². The van der Waals surface area contributed by atoms with Crippen molar-refractivity contribution < 1.29 is 14.1 Å². The maximum Gasteiger partial charge on any atom is 0.249 e. The molecule has 112 valence electrons. The lowest BCUT2D eigenvalue weighted by atomic mass is 10.0. The second-order valence-electron chi connectivity index (χ2n) is 5.11. The van der Waals surface area contributed by atoms with Crippen molar-refractivity contribution in [3.8, 4) is 17.1 Å². The highest BCUT2D eigenvalue weighted by Gasteiger charge is 2.23. The molecule has 1 amide bonds. The molecule has 0 radical (unpaired) electrons. The van der Waals surface area contributed by atoms with Crippen LogP contribution in [-0.2, 0) is 4.79 Å². The standard InChI is InChI=1S/C15H19N3O3/c1-9(2)13(16-10(3)19)15-17-14(18-21-15)11-6-5-7-12(8-11)20-4/h5-9,13H,1-4H3,(H,16,19)/t13-/m0/s1. The van der Waals surface area contributed by atoms with E-state index in [1.165, 1.54) is 6.92 Å². The van der Waals surface area contributed by atoms with Crippen LogP contribution in [0.15, 0.2) is 28.8 Å². The summed E-state index contributed by atoms with van der Waals surface area (Å²) in [5, 5.41) is 6.80. The Labute approximate surface area is 123 Å². The lowest BCUT2D eigenvalue weighted by molar-refractivity contribution is -0.120. The lowest BCUT2D eigenvalue weighted by Crippen LogP contribution is -2.29. The third-order valence-corrected chi connectivity index (χ3v) is 3.06. The number of nitrogens with one attached hydrogen (secondary N) is 1. The fourth-order valence-corrected chi connectivity index (χ4v) is 1.97. The zero-order chi connectivity index (χ0) is 15.4. The smallest absolute Gasteiger partial charge is 0.249 e. The Morgan fingerprint density at radius 1 is 1.38 bits per heavy atom. The Kier molecular flexibility index (Phi) is 4.57. The molecule has 2 aromatic rings. The minimum Gasteiger partial charge on any atom is -0.497 e. The van der Waals surface area contributed by atoms with Crippen LogP contribution in [0.2, 0.25) is 0 Å². The molecule has 0 unspecified atom stereocenters. The van der Waals surface area contributed by atoms with Crippen molar-refractivity contribution in [2.75, 3.05) is 7.11 Å². The van der Waals surface area contributed by atoms with Gasteiger partial charge in [0.15, 0.2) is 0 Å². The van der Waals surface area contributed by atoms with Gasteiger partial charge in [0.25, 0.3) is 0 Å². The zero-order valence-corrected chi connectivity index (χ0v) is 12.6. The number of rotatable bonds is 5. The molecule has 0 aliphatic carbocycles. The summed E-state index contributed by atoms with van der Waals surface area (Å²) < 4.78 is 10.5. The van der Waals surface area contributed by atoms with E-state index in [4.69, 9.17) is 9.26 Å². The van der Waals surface area contributed by atoms with Crippen molar-refractivity contribution in [2.45, 2.75) is 26.8 Å². The van der Waals surface area contributed by atoms with E-state index < -0.39 is 0 Å². The molecule has 1 N–H and O–H groups in total. The first kappa shape index (κ1) is 15.0. The predicted molar refractivity (Wildman–Crippen MR) is 77.7 cm³/mol. The predicted octanol–water partition coefficient (Wildman–Crippen LogP) is 2.58. The second-order valence-corrected chi connectivity index (χ2v) is 5.11. The molecule has 21 heavy (non-hydrogen) atoms. The molecule has 0 saturated heterocycles. The van der Waals surface area contributed by atoms with Crippen LogP contribution in [0.1, 0.15) is 32.7 Å². The molecule has 1 atom stereocenters. The third-order valence-electron chi connectivity index (χ3n) is 3.06. The molecular formula is C15H19N3O3. The maximum absolute atomic E-state index is 11.3. The third kappa shape index (κ3) is 3.59. The molecular weight excluding hydrogens is 270 g/mol. The first-order valence-corrected chi connectivity index (χ1v) is 6.76. The van der Waals surface area contributed by atoms with E-state index in [2.05, 4.69) is 15.5 Å². The minimum atomic E-state index is -0.297. The van der Waals surface area contributed by atoms with Gasteiger partial charge in [0, 0.05) is 12.5 Å². The summed E-state index contributed by atoms with van der Waals surface area (Å²) in [5.41, 5.74) is 0.801. The first-order chi connectivity index (χ1) is 10.0. The van der Waals surface area contributed by atoms with Gasteiger partial charge in [0.2, 0.25) is 17.6 Å². The van der Waals surface area contributed by atoms with E-state index in [9.17, 15) is 4.79 Å². The van der Waals surface area contributed by atoms with Crippen molar-refractivity contribution in [3.05, 3.63) is 30.2 Å². The van der Waals surface area contributed by atoms with E-state index in [-0.39, 0.29) is 17.9 Å². The largest absolute Gasteiger partial charge is 0.497 e. The van der Waals surface area contributed by atoms with Crippen LogP contribution in [0.5, 0.6) is 5.75 Å². The van der Waals surface area contributed by atoms with Crippen LogP contribution in [0.3, 0.4) is 0 Å². The van der Waals surface area contributed by atoms with Gasteiger partial charge in [0.1, 0.15) is 11.8 Å². The van der Waals surface area contributed by atoms with Gasteiger partial charge in [-0.1, -0.05) is 31.1 Å². The first-order valence-electron chi connectivity index (χ1n) is 6.76. The highest BCUT2D eigenvalue weighted by atomic mass is 16.5. The minimum absolute atomic E-state index is 0.130. The molecule has 0 saturated carbocycles. The van der Waals surface area contributed by atoms with Crippen LogP contribution in [0.25, 0.3) is 11.4 Å². The van der Waals surface area contributed by atoms with Crippen molar-refractivity contribution in [1.82, 2.24) is 15.5 Å². The Hall–Kier alpha value is -2.37. The number of methoxy groups -OCH3 is 1. The molecule has 2 rings (SSSR count). The molecule has 0 bridgehead atoms. The molecule has 1 heterocycles. The van der Waals surface area contributed by atoms with Gasteiger partial charge < -0.3 is 14.6 Å². The fourth-order valence-electron chi connectivity index (χ4n) is 1.97. The van der Waals surface area contributed by atoms with Crippen molar-refractivity contribution >= 4 is 5.91 Å². The van der Waals surface area contributed by atoms with E-state index in [0.29, 0.717) is 11.7 Å². The van der Waals surface area contributed by atoms with Crippen molar-refractivity contribution in [2.24, 2.45) is 5.92 Å². The number of aromatic nitrogens is 2. The van der Waals surface area contributed by atoms with E-state index in [1.54, 1.807) is 7.11 Å². The zero-order valence-electron chi connectivity index (χ0n) is 12.6. The average molecular weight is 289 g/mol. The van der Waals surface area contributed by atoms with Crippen molar-refractivity contribution in [3.63, 3.8) is 0 Å². The van der Waals surface area contributed by atoms with Gasteiger partial charge in [-0.15, -0.1) is 0 Å². The second kappa shape index (κ2) is 6.39. The van der Waals surface area contributed by atoms with Gasteiger partial charge >= 0.3 is 0 Å². The highest BCUT2D eigenvalue weighted by molar-refractivity contribution is 5.73. The number of hydrogen-bond donors (Lipinski definition) is 1. The Morgan fingerprint density at radius 2 is 2.14 bits per heavy atom. The van der Waals surface area contributed by atoms with E-state index >= 15 is 0 Å². The van der Waals surface area contributed by atoms with Gasteiger partial charge in [-0.3, -0.25) is 4.79 Å². The number of benzene rings is 1. The fraction of sp³-hybridized carbons (Fsp3) is 0.400. The van der Waals surface area contributed by atoms with Crippen LogP contribution >= 0.6 is 0 Å². The lowest BCUT2D eigenvalue weighted by Gasteiger charge is -2.16. The summed E-state index contributed by atoms with van der Waals surface area (Å²) in [6.45, 7) is 5.43. The number of amides is 1. The average Bonchev–Trinajstić information content (AvgIpc) is 2.94. The number of ether oxygens (including phenoxy) is 1. The Morgan fingerprint density at radius 3 is 2.76 bits per heavy atom. The molecule has 0 aliphatic rings. The Balaban J connectivity index is 2.29. The molecule has 1 aromatic carbocycles. The normalized spacial score (nSPS) is 12.2. The summed E-state index contributed by atoms with van der Waals surface area (Å²) in [4.78, 5) is 15.7. The molecule has 0 spiro atoms. The molecule has 0 fully saturated rings. The SMILES string of the molecule is COc1cccc(-c2noc([C@@H](NC(C)=O)C(C)C)n2)c1. The number of nitrogens with zero attached hydrogens (tertiary/aromatic N) is 2. The summed E-state index contributed by atoms with van der Waals surface area (Å²) in [7, 11) is 1.60.